The minimum atomic E-state index is 0.307. The maximum absolute atomic E-state index is 12.3. The lowest BCUT2D eigenvalue weighted by atomic mass is 9.97. The van der Waals surface area contributed by atoms with E-state index < -0.39 is 0 Å². The quantitative estimate of drug-likeness (QED) is 0.819. The highest BCUT2D eigenvalue weighted by atomic mass is 35.5. The fourth-order valence-electron chi connectivity index (χ4n) is 3.34. The van der Waals surface area contributed by atoms with Crippen molar-refractivity contribution in [2.45, 2.75) is 32.1 Å². The first-order chi connectivity index (χ1) is 10.6. The van der Waals surface area contributed by atoms with E-state index in [1.165, 1.54) is 9.71 Å². The van der Waals surface area contributed by atoms with Crippen molar-refractivity contribution in [3.8, 4) is 0 Å². The van der Waals surface area contributed by atoms with Gasteiger partial charge in [-0.25, -0.2) is 4.98 Å². The standard InChI is InChI=1S/C17H19ClN2OS/c1-10-8-13(10)17(21)20-6-4-11(5-7-20)16-19-14-9-12(18)2-3-15(14)22-16/h2-3,9-11,13H,4-8H2,1H3/t10-,13-/m0/s1. The number of carbonyl (C=O) groups excluding carboxylic acids is 1. The van der Waals surface area contributed by atoms with Crippen LogP contribution < -0.4 is 0 Å². The second kappa shape index (κ2) is 5.50. The molecule has 0 radical (unpaired) electrons. The Balaban J connectivity index is 1.45. The van der Waals surface area contributed by atoms with Gasteiger partial charge in [-0.3, -0.25) is 4.79 Å². The molecular weight excluding hydrogens is 316 g/mol. The van der Waals surface area contributed by atoms with Crippen molar-refractivity contribution in [3.63, 3.8) is 0 Å². The Morgan fingerprint density at radius 2 is 2.09 bits per heavy atom. The summed E-state index contributed by atoms with van der Waals surface area (Å²) in [6, 6.07) is 5.90. The molecule has 0 N–H and O–H groups in total. The zero-order valence-electron chi connectivity index (χ0n) is 12.6. The van der Waals surface area contributed by atoms with E-state index in [4.69, 9.17) is 16.6 Å². The zero-order valence-corrected chi connectivity index (χ0v) is 14.2. The third kappa shape index (κ3) is 2.63. The number of piperidine rings is 1. The number of halogens is 1. The summed E-state index contributed by atoms with van der Waals surface area (Å²) in [7, 11) is 0. The molecule has 116 valence electrons. The second-order valence-electron chi connectivity index (χ2n) is 6.58. The first-order valence-corrected chi connectivity index (χ1v) is 9.16. The Morgan fingerprint density at radius 3 is 2.77 bits per heavy atom. The van der Waals surface area contributed by atoms with Gasteiger partial charge in [0.1, 0.15) is 0 Å². The highest BCUT2D eigenvalue weighted by Crippen LogP contribution is 2.41. The van der Waals surface area contributed by atoms with E-state index in [0.29, 0.717) is 23.7 Å². The van der Waals surface area contributed by atoms with Crippen molar-refractivity contribution in [3.05, 3.63) is 28.2 Å². The van der Waals surface area contributed by atoms with E-state index in [1.54, 1.807) is 11.3 Å². The minimum Gasteiger partial charge on any atom is -0.342 e. The number of thiazole rings is 1. The number of aromatic nitrogens is 1. The van der Waals surface area contributed by atoms with Crippen molar-refractivity contribution in [2.24, 2.45) is 11.8 Å². The van der Waals surface area contributed by atoms with Crippen molar-refractivity contribution in [2.75, 3.05) is 13.1 Å². The van der Waals surface area contributed by atoms with Crippen molar-refractivity contribution >= 4 is 39.1 Å². The van der Waals surface area contributed by atoms with Gasteiger partial charge in [0, 0.05) is 29.9 Å². The lowest BCUT2D eigenvalue weighted by molar-refractivity contribution is -0.133. The van der Waals surface area contributed by atoms with Gasteiger partial charge in [-0.2, -0.15) is 0 Å². The summed E-state index contributed by atoms with van der Waals surface area (Å²) in [5.74, 6) is 1.76. The van der Waals surface area contributed by atoms with Crippen LogP contribution in [-0.4, -0.2) is 28.9 Å². The fraction of sp³-hybridized carbons (Fsp3) is 0.529. The molecule has 0 bridgehead atoms. The molecule has 0 unspecified atom stereocenters. The molecule has 2 atom stereocenters. The Kier molecular flexibility index (Phi) is 3.61. The Labute approximate surface area is 139 Å². The third-order valence-electron chi connectivity index (χ3n) is 4.95. The molecule has 22 heavy (non-hydrogen) atoms. The van der Waals surface area contributed by atoms with Crippen molar-refractivity contribution in [1.29, 1.82) is 0 Å². The van der Waals surface area contributed by atoms with Crippen LogP contribution in [0.2, 0.25) is 5.02 Å². The summed E-state index contributed by atoms with van der Waals surface area (Å²) < 4.78 is 1.20. The van der Waals surface area contributed by atoms with Crippen molar-refractivity contribution in [1.82, 2.24) is 9.88 Å². The molecule has 3 nitrogen and oxygen atoms in total. The van der Waals surface area contributed by atoms with Crippen LogP contribution in [0.4, 0.5) is 0 Å². The average Bonchev–Trinajstić information content (AvgIpc) is 3.10. The van der Waals surface area contributed by atoms with Crippen molar-refractivity contribution < 1.29 is 4.79 Å². The molecule has 5 heteroatoms. The highest BCUT2D eigenvalue weighted by molar-refractivity contribution is 7.18. The Hall–Kier alpha value is -1.13. The molecular formula is C17H19ClN2OS. The van der Waals surface area contributed by atoms with Gasteiger partial charge >= 0.3 is 0 Å². The van der Waals surface area contributed by atoms with E-state index in [0.717, 1.165) is 42.9 Å². The third-order valence-corrected chi connectivity index (χ3v) is 6.38. The number of benzene rings is 1. The number of hydrogen-bond acceptors (Lipinski definition) is 3. The molecule has 1 aromatic carbocycles. The fourth-order valence-corrected chi connectivity index (χ4v) is 4.62. The number of likely N-dealkylation sites (tertiary alicyclic amines) is 1. The summed E-state index contributed by atoms with van der Waals surface area (Å²) in [4.78, 5) is 19.1. The maximum atomic E-state index is 12.3. The molecule has 4 rings (SSSR count). The van der Waals surface area contributed by atoms with E-state index >= 15 is 0 Å². The van der Waals surface area contributed by atoms with E-state index in [-0.39, 0.29) is 0 Å². The highest BCUT2D eigenvalue weighted by Gasteiger charge is 2.42. The minimum absolute atomic E-state index is 0.307. The molecule has 2 aliphatic rings. The van der Waals surface area contributed by atoms with Crippen LogP contribution in [0, 0.1) is 11.8 Å². The number of amides is 1. The largest absolute Gasteiger partial charge is 0.342 e. The number of rotatable bonds is 2. The van der Waals surface area contributed by atoms with Gasteiger partial charge in [0.2, 0.25) is 5.91 Å². The SMILES string of the molecule is C[C@H]1C[C@@H]1C(=O)N1CCC(c2nc3cc(Cl)ccc3s2)CC1. The van der Waals surface area contributed by atoms with Gasteiger partial charge < -0.3 is 4.90 Å². The molecule has 1 saturated carbocycles. The van der Waals surface area contributed by atoms with Crippen LogP contribution in [-0.2, 0) is 4.79 Å². The van der Waals surface area contributed by atoms with Gasteiger partial charge in [0.25, 0.3) is 0 Å². The normalized spacial score (nSPS) is 25.6. The lowest BCUT2D eigenvalue weighted by Gasteiger charge is -2.31. The molecule has 1 saturated heterocycles. The van der Waals surface area contributed by atoms with Gasteiger partial charge in [0.15, 0.2) is 0 Å². The predicted octanol–water partition coefficient (Wildman–Crippen LogP) is 4.31. The van der Waals surface area contributed by atoms with Crippen LogP contribution in [0.1, 0.15) is 37.1 Å². The summed E-state index contributed by atoms with van der Waals surface area (Å²) in [5.41, 5.74) is 0.998. The summed E-state index contributed by atoms with van der Waals surface area (Å²) in [6.45, 7) is 3.92. The average molecular weight is 335 g/mol. The van der Waals surface area contributed by atoms with E-state index in [2.05, 4.69) is 11.8 Å². The Bertz CT molecular complexity index is 721. The predicted molar refractivity (Wildman–Crippen MR) is 90.5 cm³/mol. The molecule has 2 heterocycles. The van der Waals surface area contributed by atoms with Crippen LogP contribution in [0.15, 0.2) is 18.2 Å². The molecule has 2 aromatic rings. The van der Waals surface area contributed by atoms with E-state index in [9.17, 15) is 4.79 Å². The number of nitrogens with zero attached hydrogens (tertiary/aromatic N) is 2. The number of hydrogen-bond donors (Lipinski definition) is 0. The van der Waals surface area contributed by atoms with Crippen LogP contribution >= 0.6 is 22.9 Å². The second-order valence-corrected chi connectivity index (χ2v) is 8.08. The monoisotopic (exact) mass is 334 g/mol. The van der Waals surface area contributed by atoms with Gasteiger partial charge in [0.05, 0.1) is 15.2 Å². The summed E-state index contributed by atoms with van der Waals surface area (Å²) in [5, 5.41) is 1.94. The molecule has 0 spiro atoms. The van der Waals surface area contributed by atoms with Gasteiger partial charge in [-0.05, 0) is 43.4 Å². The Morgan fingerprint density at radius 1 is 1.36 bits per heavy atom. The first-order valence-electron chi connectivity index (χ1n) is 7.96. The molecule has 1 amide bonds. The molecule has 1 aliphatic heterocycles. The number of fused-ring (bicyclic) bond motifs is 1. The smallest absolute Gasteiger partial charge is 0.225 e. The molecule has 1 aliphatic carbocycles. The molecule has 1 aromatic heterocycles. The zero-order chi connectivity index (χ0) is 15.3. The number of carbonyl (C=O) groups is 1. The van der Waals surface area contributed by atoms with Gasteiger partial charge in [-0.1, -0.05) is 18.5 Å². The summed E-state index contributed by atoms with van der Waals surface area (Å²) in [6.07, 6.45) is 3.14. The van der Waals surface area contributed by atoms with Crippen LogP contribution in [0.3, 0.4) is 0 Å². The maximum Gasteiger partial charge on any atom is 0.225 e. The van der Waals surface area contributed by atoms with Crippen LogP contribution in [0.25, 0.3) is 10.2 Å². The lowest BCUT2D eigenvalue weighted by Crippen LogP contribution is -2.39. The summed E-state index contributed by atoms with van der Waals surface area (Å²) >= 11 is 7.80. The van der Waals surface area contributed by atoms with Gasteiger partial charge in [-0.15, -0.1) is 11.3 Å². The topological polar surface area (TPSA) is 33.2 Å². The molecule has 2 fully saturated rings. The first kappa shape index (κ1) is 14.5. The van der Waals surface area contributed by atoms with Crippen LogP contribution in [0.5, 0.6) is 0 Å². The van der Waals surface area contributed by atoms with E-state index in [1.807, 2.05) is 18.2 Å².